The zero-order chi connectivity index (χ0) is 25.1. The van der Waals surface area contributed by atoms with E-state index < -0.39 is 10.8 Å². The van der Waals surface area contributed by atoms with Gasteiger partial charge in [0.25, 0.3) is 11.6 Å². The average molecular weight is 497 g/mol. The van der Waals surface area contributed by atoms with Gasteiger partial charge < -0.3 is 4.42 Å². The molecule has 0 atom stereocenters. The van der Waals surface area contributed by atoms with Gasteiger partial charge in [-0.1, -0.05) is 60.1 Å². The first-order valence-electron chi connectivity index (χ1n) is 10.8. The SMILES string of the molecule is O=C(N/N=C/c1ccc(-c2cc([N+](=O)[O-])ccc2Cl)o1)c1cc(-c2ccccc2)nc2ccccc12. The van der Waals surface area contributed by atoms with Crippen LogP contribution in [0.3, 0.4) is 0 Å². The van der Waals surface area contributed by atoms with Crippen LogP contribution in [0, 0.1) is 10.1 Å². The Labute approximate surface area is 210 Å². The highest BCUT2D eigenvalue weighted by Gasteiger charge is 2.15. The van der Waals surface area contributed by atoms with Crippen LogP contribution in [0.4, 0.5) is 5.69 Å². The number of nitro groups is 1. The topological polar surface area (TPSA) is 111 Å². The number of rotatable bonds is 6. The number of benzene rings is 3. The van der Waals surface area contributed by atoms with Crippen LogP contribution in [-0.4, -0.2) is 22.0 Å². The van der Waals surface area contributed by atoms with Gasteiger partial charge in [-0.2, -0.15) is 5.10 Å². The lowest BCUT2D eigenvalue weighted by molar-refractivity contribution is -0.384. The third kappa shape index (κ3) is 4.70. The third-order valence-corrected chi connectivity index (χ3v) is 5.77. The molecule has 0 fully saturated rings. The Hall–Kier alpha value is -4.82. The van der Waals surface area contributed by atoms with Gasteiger partial charge in [0.2, 0.25) is 0 Å². The predicted octanol–water partition coefficient (Wildman–Crippen LogP) is 6.49. The number of furan rings is 1. The molecular formula is C27H17ClN4O4. The molecule has 2 aromatic heterocycles. The summed E-state index contributed by atoms with van der Waals surface area (Å²) < 4.78 is 5.70. The fourth-order valence-electron chi connectivity index (χ4n) is 3.72. The highest BCUT2D eigenvalue weighted by Crippen LogP contribution is 2.32. The first-order valence-corrected chi connectivity index (χ1v) is 11.2. The van der Waals surface area contributed by atoms with Crippen molar-refractivity contribution < 1.29 is 14.1 Å². The van der Waals surface area contributed by atoms with Crippen LogP contribution in [0.25, 0.3) is 33.5 Å². The minimum Gasteiger partial charge on any atom is -0.455 e. The maximum absolute atomic E-state index is 13.0. The van der Waals surface area contributed by atoms with E-state index in [0.29, 0.717) is 44.3 Å². The molecule has 36 heavy (non-hydrogen) atoms. The molecule has 1 N–H and O–H groups in total. The summed E-state index contributed by atoms with van der Waals surface area (Å²) in [6, 6.07) is 26.1. The number of nitrogens with zero attached hydrogens (tertiary/aromatic N) is 3. The average Bonchev–Trinajstić information content (AvgIpc) is 3.37. The number of para-hydroxylation sites is 1. The normalized spacial score (nSPS) is 11.1. The molecule has 0 saturated carbocycles. The van der Waals surface area contributed by atoms with Crippen molar-refractivity contribution in [2.24, 2.45) is 5.10 Å². The molecule has 0 spiro atoms. The molecule has 0 bridgehead atoms. The summed E-state index contributed by atoms with van der Waals surface area (Å²) in [6.07, 6.45) is 1.34. The minimum atomic E-state index is -0.507. The molecule has 0 aliphatic heterocycles. The van der Waals surface area contributed by atoms with Crippen molar-refractivity contribution in [1.82, 2.24) is 10.4 Å². The second kappa shape index (κ2) is 9.81. The van der Waals surface area contributed by atoms with E-state index >= 15 is 0 Å². The molecule has 0 radical (unpaired) electrons. The lowest BCUT2D eigenvalue weighted by Gasteiger charge is -2.09. The number of halogens is 1. The highest BCUT2D eigenvalue weighted by molar-refractivity contribution is 6.33. The maximum Gasteiger partial charge on any atom is 0.272 e. The molecule has 3 aromatic carbocycles. The highest BCUT2D eigenvalue weighted by atomic mass is 35.5. The molecule has 0 unspecified atom stereocenters. The maximum atomic E-state index is 13.0. The first-order chi connectivity index (χ1) is 17.5. The van der Waals surface area contributed by atoms with Gasteiger partial charge in [0.1, 0.15) is 11.5 Å². The van der Waals surface area contributed by atoms with E-state index in [-0.39, 0.29) is 5.69 Å². The minimum absolute atomic E-state index is 0.104. The van der Waals surface area contributed by atoms with Gasteiger partial charge in [-0.15, -0.1) is 0 Å². The number of hydrogen-bond acceptors (Lipinski definition) is 6. The van der Waals surface area contributed by atoms with Crippen LogP contribution < -0.4 is 5.43 Å². The van der Waals surface area contributed by atoms with Gasteiger partial charge in [0, 0.05) is 28.6 Å². The van der Waals surface area contributed by atoms with E-state index in [1.54, 1.807) is 18.2 Å². The quantitative estimate of drug-likeness (QED) is 0.164. The third-order valence-electron chi connectivity index (χ3n) is 5.44. The lowest BCUT2D eigenvalue weighted by Crippen LogP contribution is -2.18. The second-order valence-electron chi connectivity index (χ2n) is 7.76. The molecule has 176 valence electrons. The molecule has 5 aromatic rings. The van der Waals surface area contributed by atoms with Crippen LogP contribution in [-0.2, 0) is 0 Å². The molecule has 5 rings (SSSR count). The van der Waals surface area contributed by atoms with Gasteiger partial charge in [0.05, 0.1) is 32.9 Å². The molecule has 9 heteroatoms. The summed E-state index contributed by atoms with van der Waals surface area (Å²) in [5.74, 6) is 0.261. The lowest BCUT2D eigenvalue weighted by atomic mass is 10.0. The molecule has 0 aliphatic carbocycles. The number of non-ortho nitro benzene ring substituents is 1. The number of fused-ring (bicyclic) bond motifs is 1. The van der Waals surface area contributed by atoms with Crippen LogP contribution in [0.5, 0.6) is 0 Å². The Balaban J connectivity index is 1.39. The summed E-state index contributed by atoms with van der Waals surface area (Å²) in [5, 5.41) is 16.1. The number of pyridine rings is 1. The zero-order valence-electron chi connectivity index (χ0n) is 18.6. The zero-order valence-corrected chi connectivity index (χ0v) is 19.3. The van der Waals surface area contributed by atoms with E-state index in [4.69, 9.17) is 16.0 Å². The Morgan fingerprint density at radius 2 is 1.78 bits per heavy atom. The van der Waals surface area contributed by atoms with Crippen molar-refractivity contribution in [3.63, 3.8) is 0 Å². The number of hydrazone groups is 1. The van der Waals surface area contributed by atoms with E-state index in [2.05, 4.69) is 15.5 Å². The van der Waals surface area contributed by atoms with E-state index in [9.17, 15) is 14.9 Å². The predicted molar refractivity (Wildman–Crippen MR) is 138 cm³/mol. The van der Waals surface area contributed by atoms with Gasteiger partial charge in [-0.3, -0.25) is 14.9 Å². The van der Waals surface area contributed by atoms with E-state index in [0.717, 1.165) is 5.56 Å². The first kappa shape index (κ1) is 22.9. The number of carbonyl (C=O) groups excluding carboxylic acids is 1. The number of carbonyl (C=O) groups is 1. The van der Waals surface area contributed by atoms with E-state index in [1.807, 2.05) is 54.6 Å². The summed E-state index contributed by atoms with van der Waals surface area (Å²) >= 11 is 6.18. The van der Waals surface area contributed by atoms with Gasteiger partial charge in [-0.05, 0) is 30.3 Å². The Kier molecular flexibility index (Phi) is 6.25. The van der Waals surface area contributed by atoms with Crippen molar-refractivity contribution >= 4 is 40.3 Å². The largest absolute Gasteiger partial charge is 0.455 e. The van der Waals surface area contributed by atoms with Crippen LogP contribution in [0.15, 0.2) is 101 Å². The van der Waals surface area contributed by atoms with Crippen LogP contribution in [0.1, 0.15) is 16.1 Å². The van der Waals surface area contributed by atoms with Crippen molar-refractivity contribution in [1.29, 1.82) is 0 Å². The Morgan fingerprint density at radius 1 is 1.00 bits per heavy atom. The number of amides is 1. The van der Waals surface area contributed by atoms with Crippen LogP contribution in [0.2, 0.25) is 5.02 Å². The summed E-state index contributed by atoms with van der Waals surface area (Å²) in [5.41, 5.74) is 5.50. The molecule has 0 saturated heterocycles. The molecular weight excluding hydrogens is 480 g/mol. The second-order valence-corrected chi connectivity index (χ2v) is 8.17. The number of nitro benzene ring substituents is 1. The number of nitrogens with one attached hydrogen (secondary N) is 1. The monoisotopic (exact) mass is 496 g/mol. The van der Waals surface area contributed by atoms with Crippen molar-refractivity contribution in [3.8, 4) is 22.6 Å². The van der Waals surface area contributed by atoms with Gasteiger partial charge >= 0.3 is 0 Å². The van der Waals surface area contributed by atoms with Gasteiger partial charge in [-0.25, -0.2) is 10.4 Å². The standard InChI is InChI=1S/C27H17ClN4O4/c28-23-12-10-18(32(34)35)14-22(23)26-13-11-19(36-26)16-29-31-27(33)21-15-25(17-6-2-1-3-7-17)30-24-9-5-4-8-20(21)24/h1-16H,(H,31,33)/b29-16+. The summed E-state index contributed by atoms with van der Waals surface area (Å²) in [7, 11) is 0. The molecule has 2 heterocycles. The summed E-state index contributed by atoms with van der Waals surface area (Å²) in [6.45, 7) is 0. The Bertz CT molecular complexity index is 1630. The number of aromatic nitrogens is 1. The van der Waals surface area contributed by atoms with Crippen LogP contribution >= 0.6 is 11.6 Å². The van der Waals surface area contributed by atoms with Gasteiger partial charge in [0.15, 0.2) is 0 Å². The van der Waals surface area contributed by atoms with E-state index in [1.165, 1.54) is 24.4 Å². The summed E-state index contributed by atoms with van der Waals surface area (Å²) in [4.78, 5) is 28.3. The molecule has 8 nitrogen and oxygen atoms in total. The van der Waals surface area contributed by atoms with Crippen molar-refractivity contribution in [3.05, 3.63) is 117 Å². The fourth-order valence-corrected chi connectivity index (χ4v) is 3.93. The van der Waals surface area contributed by atoms with Crippen molar-refractivity contribution in [2.75, 3.05) is 0 Å². The molecule has 1 amide bonds. The molecule has 0 aliphatic rings. The smallest absolute Gasteiger partial charge is 0.272 e. The van der Waals surface area contributed by atoms with Crippen molar-refractivity contribution in [2.45, 2.75) is 0 Å². The Morgan fingerprint density at radius 3 is 2.58 bits per heavy atom. The number of hydrogen-bond donors (Lipinski definition) is 1. The fraction of sp³-hybridized carbons (Fsp3) is 0.